The summed E-state index contributed by atoms with van der Waals surface area (Å²) >= 11 is 11.7. The number of benzene rings is 2. The maximum absolute atomic E-state index is 12.4. The van der Waals surface area contributed by atoms with Gasteiger partial charge in [-0.05, 0) is 36.8 Å². The van der Waals surface area contributed by atoms with Crippen LogP contribution in [0.15, 0.2) is 42.5 Å². The number of carbonyl (C=O) groups is 3. The Balaban J connectivity index is 1.70. The summed E-state index contributed by atoms with van der Waals surface area (Å²) < 4.78 is 5.21. The molecule has 3 rings (SSSR count). The van der Waals surface area contributed by atoms with Gasteiger partial charge in [-0.3, -0.25) is 14.5 Å². The molecule has 0 bridgehead atoms. The van der Waals surface area contributed by atoms with Gasteiger partial charge >= 0.3 is 5.97 Å². The van der Waals surface area contributed by atoms with Gasteiger partial charge < -0.3 is 4.74 Å². The molecule has 1 aliphatic heterocycles. The molecule has 2 amide bonds. The number of nitrogens with zero attached hydrogens (tertiary/aromatic N) is 1. The molecule has 0 radical (unpaired) electrons. The SMILES string of the molecule is C[C@H](C(=O)OCc1ccc(Cl)c(Cl)c1)N1C(=O)c2ccccc2C1=O. The summed E-state index contributed by atoms with van der Waals surface area (Å²) in [5.74, 6) is -1.68. The predicted molar refractivity (Wildman–Crippen MR) is 92.7 cm³/mol. The molecule has 0 spiro atoms. The number of esters is 1. The molecule has 0 fully saturated rings. The number of ether oxygens (including phenoxy) is 1. The summed E-state index contributed by atoms with van der Waals surface area (Å²) in [6.07, 6.45) is 0. The van der Waals surface area contributed by atoms with Gasteiger partial charge in [-0.1, -0.05) is 41.4 Å². The molecule has 2 aromatic rings. The second kappa shape index (κ2) is 6.86. The van der Waals surface area contributed by atoms with Crippen LogP contribution in [0.4, 0.5) is 0 Å². The van der Waals surface area contributed by atoms with Crippen molar-refractivity contribution in [3.8, 4) is 0 Å². The standard InChI is InChI=1S/C18H13Cl2NO4/c1-10(18(24)25-9-11-6-7-14(19)15(20)8-11)21-16(22)12-4-2-3-5-13(12)17(21)23/h2-8,10H,9H2,1H3/t10-/m1/s1. The van der Waals surface area contributed by atoms with Gasteiger partial charge in [-0.25, -0.2) is 4.79 Å². The normalized spacial score (nSPS) is 14.4. The molecule has 2 aromatic carbocycles. The summed E-state index contributed by atoms with van der Waals surface area (Å²) in [6, 6.07) is 10.3. The van der Waals surface area contributed by atoms with Gasteiger partial charge in [0.05, 0.1) is 21.2 Å². The van der Waals surface area contributed by atoms with Crippen LogP contribution in [0.3, 0.4) is 0 Å². The van der Waals surface area contributed by atoms with Gasteiger partial charge in [-0.2, -0.15) is 0 Å². The van der Waals surface area contributed by atoms with Gasteiger partial charge in [0.15, 0.2) is 0 Å². The molecule has 0 unspecified atom stereocenters. The van der Waals surface area contributed by atoms with E-state index in [-0.39, 0.29) is 17.7 Å². The molecule has 7 heteroatoms. The first-order valence-corrected chi connectivity index (χ1v) is 8.23. The van der Waals surface area contributed by atoms with E-state index in [0.717, 1.165) is 4.90 Å². The fourth-order valence-electron chi connectivity index (χ4n) is 2.57. The molecule has 0 saturated carbocycles. The molecular formula is C18H13Cl2NO4. The van der Waals surface area contributed by atoms with Gasteiger partial charge in [0.2, 0.25) is 0 Å². The fourth-order valence-corrected chi connectivity index (χ4v) is 2.89. The molecule has 1 heterocycles. The molecule has 128 valence electrons. The number of fused-ring (bicyclic) bond motifs is 1. The Labute approximate surface area is 154 Å². The number of hydrogen-bond donors (Lipinski definition) is 0. The van der Waals surface area contributed by atoms with Crippen LogP contribution in [-0.4, -0.2) is 28.7 Å². The highest BCUT2D eigenvalue weighted by molar-refractivity contribution is 6.42. The third-order valence-electron chi connectivity index (χ3n) is 3.92. The molecule has 0 aromatic heterocycles. The molecule has 1 atom stereocenters. The zero-order chi connectivity index (χ0) is 18.1. The number of hydrogen-bond acceptors (Lipinski definition) is 4. The van der Waals surface area contributed by atoms with Crippen molar-refractivity contribution in [3.05, 3.63) is 69.2 Å². The number of carbonyl (C=O) groups excluding carboxylic acids is 3. The van der Waals surface area contributed by atoms with E-state index in [0.29, 0.717) is 15.6 Å². The molecule has 0 saturated heterocycles. The highest BCUT2D eigenvalue weighted by atomic mass is 35.5. The van der Waals surface area contributed by atoms with Crippen molar-refractivity contribution in [1.82, 2.24) is 4.90 Å². The van der Waals surface area contributed by atoms with Crippen molar-refractivity contribution in [3.63, 3.8) is 0 Å². The largest absolute Gasteiger partial charge is 0.459 e. The summed E-state index contributed by atoms with van der Waals surface area (Å²) in [7, 11) is 0. The van der Waals surface area contributed by atoms with E-state index in [2.05, 4.69) is 0 Å². The topological polar surface area (TPSA) is 63.7 Å². The van der Waals surface area contributed by atoms with Crippen LogP contribution < -0.4 is 0 Å². The van der Waals surface area contributed by atoms with Crippen molar-refractivity contribution < 1.29 is 19.1 Å². The van der Waals surface area contributed by atoms with Crippen LogP contribution >= 0.6 is 23.2 Å². The zero-order valence-corrected chi connectivity index (χ0v) is 14.7. The Morgan fingerprint density at radius 3 is 2.20 bits per heavy atom. The van der Waals surface area contributed by atoms with E-state index in [9.17, 15) is 14.4 Å². The maximum Gasteiger partial charge on any atom is 0.329 e. The lowest BCUT2D eigenvalue weighted by Crippen LogP contribution is -2.43. The van der Waals surface area contributed by atoms with E-state index >= 15 is 0 Å². The summed E-state index contributed by atoms with van der Waals surface area (Å²) in [6.45, 7) is 1.42. The van der Waals surface area contributed by atoms with Crippen LogP contribution in [0.2, 0.25) is 10.0 Å². The second-order valence-corrected chi connectivity index (χ2v) is 6.37. The first-order chi connectivity index (χ1) is 11.9. The first kappa shape index (κ1) is 17.5. The molecule has 0 aliphatic carbocycles. The number of rotatable bonds is 4. The third-order valence-corrected chi connectivity index (χ3v) is 4.66. The number of amides is 2. The van der Waals surface area contributed by atoms with Crippen molar-refractivity contribution >= 4 is 41.0 Å². The van der Waals surface area contributed by atoms with Crippen LogP contribution in [0, 0.1) is 0 Å². The van der Waals surface area contributed by atoms with Crippen molar-refractivity contribution in [2.75, 3.05) is 0 Å². The van der Waals surface area contributed by atoms with Gasteiger partial charge in [0.25, 0.3) is 11.8 Å². The molecule has 5 nitrogen and oxygen atoms in total. The summed E-state index contributed by atoms with van der Waals surface area (Å²) in [5.41, 5.74) is 1.23. The monoisotopic (exact) mass is 377 g/mol. The fraction of sp³-hybridized carbons (Fsp3) is 0.167. The average molecular weight is 378 g/mol. The molecule has 1 aliphatic rings. The van der Waals surface area contributed by atoms with E-state index in [1.165, 1.54) is 6.92 Å². The van der Waals surface area contributed by atoms with Crippen LogP contribution in [0.1, 0.15) is 33.2 Å². The lowest BCUT2D eigenvalue weighted by atomic mass is 10.1. The van der Waals surface area contributed by atoms with E-state index in [1.54, 1.807) is 42.5 Å². The highest BCUT2D eigenvalue weighted by Crippen LogP contribution is 2.26. The Bertz CT molecular complexity index is 846. The number of halogens is 2. The minimum atomic E-state index is -1.03. The van der Waals surface area contributed by atoms with E-state index in [1.807, 2.05) is 0 Å². The van der Waals surface area contributed by atoms with E-state index in [4.69, 9.17) is 27.9 Å². The lowest BCUT2D eigenvalue weighted by molar-refractivity contribution is -0.149. The smallest absolute Gasteiger partial charge is 0.329 e. The Morgan fingerprint density at radius 1 is 1.04 bits per heavy atom. The van der Waals surface area contributed by atoms with E-state index < -0.39 is 23.8 Å². The summed E-state index contributed by atoms with van der Waals surface area (Å²) in [5, 5.41) is 0.750. The third kappa shape index (κ3) is 3.25. The van der Waals surface area contributed by atoms with Crippen LogP contribution in [-0.2, 0) is 16.1 Å². The highest BCUT2D eigenvalue weighted by Gasteiger charge is 2.41. The lowest BCUT2D eigenvalue weighted by Gasteiger charge is -2.21. The van der Waals surface area contributed by atoms with Gasteiger partial charge in [-0.15, -0.1) is 0 Å². The number of imide groups is 1. The Hall–Kier alpha value is -2.37. The predicted octanol–water partition coefficient (Wildman–Crippen LogP) is 3.72. The minimum absolute atomic E-state index is 0.0385. The van der Waals surface area contributed by atoms with Crippen LogP contribution in [0.25, 0.3) is 0 Å². The minimum Gasteiger partial charge on any atom is -0.459 e. The molecule has 25 heavy (non-hydrogen) atoms. The van der Waals surface area contributed by atoms with Gasteiger partial charge in [0.1, 0.15) is 12.6 Å². The quantitative estimate of drug-likeness (QED) is 0.601. The average Bonchev–Trinajstić information content (AvgIpc) is 2.86. The molecule has 0 N–H and O–H groups in total. The Morgan fingerprint density at radius 2 is 1.64 bits per heavy atom. The van der Waals surface area contributed by atoms with Crippen molar-refractivity contribution in [2.24, 2.45) is 0 Å². The maximum atomic E-state index is 12.4. The molecular weight excluding hydrogens is 365 g/mol. The van der Waals surface area contributed by atoms with Crippen molar-refractivity contribution in [2.45, 2.75) is 19.6 Å². The van der Waals surface area contributed by atoms with Crippen molar-refractivity contribution in [1.29, 1.82) is 0 Å². The van der Waals surface area contributed by atoms with Gasteiger partial charge in [0, 0.05) is 0 Å². The second-order valence-electron chi connectivity index (χ2n) is 5.56. The zero-order valence-electron chi connectivity index (χ0n) is 13.2. The first-order valence-electron chi connectivity index (χ1n) is 7.47. The summed E-state index contributed by atoms with van der Waals surface area (Å²) in [4.78, 5) is 37.9. The van der Waals surface area contributed by atoms with Crippen LogP contribution in [0.5, 0.6) is 0 Å². The Kier molecular flexibility index (Phi) is 4.79.